The van der Waals surface area contributed by atoms with Gasteiger partial charge in [0.2, 0.25) is 6.29 Å². The van der Waals surface area contributed by atoms with Crippen LogP contribution in [0.25, 0.3) is 0 Å². The number of carbonyl (C=O) groups is 1. The fourth-order valence-corrected chi connectivity index (χ4v) is 0.879. The molecule has 0 fully saturated rings. The van der Waals surface area contributed by atoms with Crippen LogP contribution in [0.5, 0.6) is 0 Å². The number of aliphatic hydroxyl groups excluding tert-OH is 6. The van der Waals surface area contributed by atoms with Crippen LogP contribution in [0.4, 0.5) is 4.79 Å². The van der Waals surface area contributed by atoms with Crippen LogP contribution in [0, 0.1) is 0 Å². The van der Waals surface area contributed by atoms with Gasteiger partial charge < -0.3 is 40.5 Å². The van der Waals surface area contributed by atoms with E-state index in [0.29, 0.717) is 0 Å². The Balaban J connectivity index is 0. The molecular weight excluding hydrogens is 268 g/mol. The van der Waals surface area contributed by atoms with Crippen LogP contribution in [0.15, 0.2) is 0 Å². The minimum atomic E-state index is -2.28. The van der Waals surface area contributed by atoms with E-state index in [1.54, 1.807) is 0 Å². The predicted molar refractivity (Wildman–Crippen MR) is 54.8 cm³/mol. The average Bonchev–Trinajstić information content (AvgIpc) is 2.23. The Morgan fingerprint density at radius 1 is 1.00 bits per heavy atom. The number of hydrogen-bond acceptors (Lipinski definition) is 8. The molecule has 17 heavy (non-hydrogen) atoms. The summed E-state index contributed by atoms with van der Waals surface area (Å²) in [4.78, 5) is 9.97. The molecule has 0 amide bonds. The van der Waals surface area contributed by atoms with Gasteiger partial charge in [-0.05, 0) is 0 Å². The fraction of sp³-hybridized carbons (Fsp3) is 0.857. The normalized spacial score (nSPS) is 19.4. The quantitative estimate of drug-likeness (QED) is 0.144. The Kier molecular flexibility index (Phi) is 10.7. The third-order valence-corrected chi connectivity index (χ3v) is 1.79. The number of carboxylic acid groups (broad SMARTS) is 1. The van der Waals surface area contributed by atoms with E-state index < -0.39 is 43.5 Å². The van der Waals surface area contributed by atoms with Gasteiger partial charge in [0.25, 0.3) is 0 Å². The summed E-state index contributed by atoms with van der Waals surface area (Å²) < 4.78 is 3.70. The number of hydrogen-bond donors (Lipinski definition) is 7. The maximum absolute atomic E-state index is 9.97. The third kappa shape index (κ3) is 6.70. The minimum absolute atomic E-state index is 0. The maximum atomic E-state index is 9.97. The molecule has 10 heteroatoms. The number of ether oxygens (including phenoxy) is 1. The molecule has 1 unspecified atom stereocenters. The van der Waals surface area contributed by atoms with Gasteiger partial charge in [0.15, 0.2) is 0 Å². The second-order valence-corrected chi connectivity index (χ2v) is 3.00. The third-order valence-electron chi connectivity index (χ3n) is 1.79. The van der Waals surface area contributed by atoms with Gasteiger partial charge in [-0.3, -0.25) is 0 Å². The molecular formula is C7H16CaO9. The standard InChI is InChI=1S/C7H14O9.Ca.2H/c8-1-2(9)3(10)4(11)5(12)6(13)16-7(14)15;;;/h2-6,8-13H,1H2,(H,14,15);;;/t2-,3-,4+,5-,6?;;;/m1.../s1. The molecule has 5 atom stereocenters. The molecule has 7 N–H and O–H groups in total. The van der Waals surface area contributed by atoms with E-state index in [9.17, 15) is 4.79 Å². The second kappa shape index (κ2) is 9.25. The van der Waals surface area contributed by atoms with Crippen LogP contribution >= 0.6 is 0 Å². The van der Waals surface area contributed by atoms with E-state index in [-0.39, 0.29) is 37.7 Å². The zero-order valence-electron chi connectivity index (χ0n) is 8.04. The van der Waals surface area contributed by atoms with Crippen LogP contribution < -0.4 is 0 Å². The van der Waals surface area contributed by atoms with Gasteiger partial charge in [-0.1, -0.05) is 0 Å². The van der Waals surface area contributed by atoms with Gasteiger partial charge in [-0.2, -0.15) is 0 Å². The second-order valence-electron chi connectivity index (χ2n) is 3.00. The van der Waals surface area contributed by atoms with E-state index in [4.69, 9.17) is 35.7 Å². The van der Waals surface area contributed by atoms with Gasteiger partial charge >= 0.3 is 43.9 Å². The number of aliphatic hydroxyl groups is 6. The molecule has 0 heterocycles. The Hall–Kier alpha value is 0.290. The summed E-state index contributed by atoms with van der Waals surface area (Å²) in [6.45, 7) is -0.888. The van der Waals surface area contributed by atoms with E-state index in [2.05, 4.69) is 4.74 Å². The molecule has 0 aromatic heterocycles. The Morgan fingerprint density at radius 2 is 1.47 bits per heavy atom. The first-order valence-electron chi connectivity index (χ1n) is 4.22. The molecule has 0 rings (SSSR count). The van der Waals surface area contributed by atoms with Gasteiger partial charge in [0.05, 0.1) is 6.61 Å². The molecule has 0 bridgehead atoms. The van der Waals surface area contributed by atoms with Crippen molar-refractivity contribution in [3.8, 4) is 0 Å². The molecule has 0 aliphatic heterocycles. The SMILES string of the molecule is O=C(O)OC(O)[C@H](O)[C@@H](O)[C@H](O)[C@H](O)CO.[CaH2]. The molecule has 100 valence electrons. The monoisotopic (exact) mass is 284 g/mol. The molecule has 0 saturated heterocycles. The summed E-state index contributed by atoms with van der Waals surface area (Å²) in [5, 5.41) is 61.7. The molecule has 0 aromatic carbocycles. The van der Waals surface area contributed by atoms with Crippen molar-refractivity contribution in [2.45, 2.75) is 30.7 Å². The molecule has 0 radical (unpaired) electrons. The van der Waals surface area contributed by atoms with Crippen LogP contribution in [-0.4, -0.2) is 117 Å². The molecule has 9 nitrogen and oxygen atoms in total. The van der Waals surface area contributed by atoms with Crippen LogP contribution in [0.2, 0.25) is 0 Å². The van der Waals surface area contributed by atoms with Crippen molar-refractivity contribution in [1.29, 1.82) is 0 Å². The van der Waals surface area contributed by atoms with Gasteiger partial charge in [0.1, 0.15) is 24.4 Å². The van der Waals surface area contributed by atoms with Gasteiger partial charge in [-0.15, -0.1) is 0 Å². The van der Waals surface area contributed by atoms with Crippen molar-refractivity contribution in [2.75, 3.05) is 6.61 Å². The Bertz CT molecular complexity index is 225. The zero-order valence-corrected chi connectivity index (χ0v) is 8.04. The molecule has 0 saturated carbocycles. The van der Waals surface area contributed by atoms with E-state index in [1.165, 1.54) is 0 Å². The molecule has 0 aromatic rings. The van der Waals surface area contributed by atoms with E-state index in [1.807, 2.05) is 0 Å². The van der Waals surface area contributed by atoms with Crippen molar-refractivity contribution in [3.63, 3.8) is 0 Å². The fourth-order valence-electron chi connectivity index (χ4n) is 0.879. The van der Waals surface area contributed by atoms with Crippen molar-refractivity contribution in [2.24, 2.45) is 0 Å². The van der Waals surface area contributed by atoms with E-state index >= 15 is 0 Å². The topological polar surface area (TPSA) is 168 Å². The molecule has 0 spiro atoms. The summed E-state index contributed by atoms with van der Waals surface area (Å²) in [5.74, 6) is 0. The first kappa shape index (κ1) is 19.6. The zero-order chi connectivity index (χ0) is 12.9. The first-order valence-corrected chi connectivity index (χ1v) is 4.22. The Morgan fingerprint density at radius 3 is 1.82 bits per heavy atom. The summed E-state index contributed by atoms with van der Waals surface area (Å²) in [5.41, 5.74) is 0. The number of rotatable bonds is 6. The first-order chi connectivity index (χ1) is 7.31. The van der Waals surface area contributed by atoms with Crippen molar-refractivity contribution >= 4 is 43.9 Å². The average molecular weight is 284 g/mol. The van der Waals surface area contributed by atoms with Crippen molar-refractivity contribution in [3.05, 3.63) is 0 Å². The van der Waals surface area contributed by atoms with Crippen LogP contribution in [-0.2, 0) is 4.74 Å². The van der Waals surface area contributed by atoms with Crippen molar-refractivity contribution < 1.29 is 45.3 Å². The Labute approximate surface area is 126 Å². The van der Waals surface area contributed by atoms with Gasteiger partial charge in [0, 0.05) is 0 Å². The summed E-state index contributed by atoms with van der Waals surface area (Å²) in [6, 6.07) is 0. The molecule has 0 aliphatic rings. The van der Waals surface area contributed by atoms with E-state index in [0.717, 1.165) is 0 Å². The predicted octanol–water partition coefficient (Wildman–Crippen LogP) is -4.48. The summed E-state index contributed by atoms with van der Waals surface area (Å²) in [6.07, 6.45) is -12.1. The van der Waals surface area contributed by atoms with Crippen LogP contribution in [0.1, 0.15) is 0 Å². The van der Waals surface area contributed by atoms with Gasteiger partial charge in [-0.25, -0.2) is 4.79 Å². The molecule has 0 aliphatic carbocycles. The van der Waals surface area contributed by atoms with Crippen molar-refractivity contribution in [1.82, 2.24) is 0 Å². The summed E-state index contributed by atoms with van der Waals surface area (Å²) in [7, 11) is 0. The van der Waals surface area contributed by atoms with Crippen LogP contribution in [0.3, 0.4) is 0 Å². The summed E-state index contributed by atoms with van der Waals surface area (Å²) >= 11 is 0.